The van der Waals surface area contributed by atoms with Crippen LogP contribution in [0, 0.1) is 0 Å². The van der Waals surface area contributed by atoms with Crippen LogP contribution in [0.3, 0.4) is 0 Å². The van der Waals surface area contributed by atoms with Gasteiger partial charge in [-0.15, -0.1) is 0 Å². The first-order valence-electron chi connectivity index (χ1n) is 9.68. The van der Waals surface area contributed by atoms with Gasteiger partial charge < -0.3 is 25.2 Å². The largest absolute Gasteiger partial charge is 0.481 e. The van der Waals surface area contributed by atoms with E-state index in [0.29, 0.717) is 32.1 Å². The molecule has 6 heteroatoms. The number of hydrogen-bond donors (Lipinski definition) is 4. The molecule has 0 bridgehead atoms. The van der Waals surface area contributed by atoms with Crippen LogP contribution in [0.15, 0.2) is 24.3 Å². The van der Waals surface area contributed by atoms with Crippen molar-refractivity contribution in [3.63, 3.8) is 0 Å². The number of carboxylic acids is 1. The molecule has 4 N–H and O–H groups in total. The van der Waals surface area contributed by atoms with Gasteiger partial charge in [0.25, 0.3) is 0 Å². The van der Waals surface area contributed by atoms with E-state index in [0.717, 1.165) is 19.3 Å². The summed E-state index contributed by atoms with van der Waals surface area (Å²) in [4.78, 5) is 10.4. The molecule has 1 heterocycles. The Balaban J connectivity index is 2.30. The molecule has 0 radical (unpaired) electrons. The third-order valence-corrected chi connectivity index (χ3v) is 4.56. The second-order valence-electron chi connectivity index (χ2n) is 6.95. The number of aliphatic hydroxyl groups is 3. The molecule has 0 spiro atoms. The van der Waals surface area contributed by atoms with Gasteiger partial charge in [0.15, 0.2) is 0 Å². The van der Waals surface area contributed by atoms with E-state index in [2.05, 4.69) is 6.92 Å². The monoisotopic (exact) mass is 370 g/mol. The Morgan fingerprint density at radius 1 is 1.19 bits per heavy atom. The average Bonchev–Trinajstić information content (AvgIpc) is 2.97. The van der Waals surface area contributed by atoms with Crippen molar-refractivity contribution in [3.8, 4) is 0 Å². The summed E-state index contributed by atoms with van der Waals surface area (Å²) in [6.45, 7) is 2.11. The SMILES string of the molecule is CCCCC[C@H](O)/C=C/[C@@H](O)[C@@H]1C[C@@H](O)[C@H](C/C=C\CCCC(=O)O)O1. The zero-order chi connectivity index (χ0) is 19.4. The van der Waals surface area contributed by atoms with E-state index < -0.39 is 30.4 Å². The van der Waals surface area contributed by atoms with Gasteiger partial charge in [0.2, 0.25) is 0 Å². The van der Waals surface area contributed by atoms with Crippen molar-refractivity contribution < 1.29 is 30.0 Å². The summed E-state index contributed by atoms with van der Waals surface area (Å²) in [5, 5.41) is 38.7. The summed E-state index contributed by atoms with van der Waals surface area (Å²) < 4.78 is 5.73. The van der Waals surface area contributed by atoms with Crippen molar-refractivity contribution >= 4 is 5.97 Å². The lowest BCUT2D eigenvalue weighted by Crippen LogP contribution is -2.24. The smallest absolute Gasteiger partial charge is 0.303 e. The number of unbranched alkanes of at least 4 members (excludes halogenated alkanes) is 3. The van der Waals surface area contributed by atoms with E-state index in [1.165, 1.54) is 0 Å². The molecule has 1 fully saturated rings. The predicted octanol–water partition coefficient (Wildman–Crippen LogP) is 2.56. The van der Waals surface area contributed by atoms with Crippen molar-refractivity contribution in [2.75, 3.05) is 0 Å². The molecule has 6 nitrogen and oxygen atoms in total. The first-order chi connectivity index (χ1) is 12.4. The van der Waals surface area contributed by atoms with Crippen molar-refractivity contribution in [2.45, 2.75) is 95.2 Å². The lowest BCUT2D eigenvalue weighted by Gasteiger charge is -2.16. The van der Waals surface area contributed by atoms with Gasteiger partial charge in [-0.2, -0.15) is 0 Å². The maximum absolute atomic E-state index is 10.4. The second kappa shape index (κ2) is 13.0. The van der Waals surface area contributed by atoms with Gasteiger partial charge >= 0.3 is 5.97 Å². The van der Waals surface area contributed by atoms with Crippen LogP contribution in [-0.2, 0) is 9.53 Å². The van der Waals surface area contributed by atoms with Crippen LogP contribution >= 0.6 is 0 Å². The molecule has 0 saturated carbocycles. The average molecular weight is 370 g/mol. The molecule has 1 saturated heterocycles. The van der Waals surface area contributed by atoms with E-state index in [1.54, 1.807) is 12.2 Å². The maximum Gasteiger partial charge on any atom is 0.303 e. The lowest BCUT2D eigenvalue weighted by molar-refractivity contribution is -0.137. The third kappa shape index (κ3) is 9.48. The predicted molar refractivity (Wildman–Crippen MR) is 99.8 cm³/mol. The molecular formula is C20H34O6. The van der Waals surface area contributed by atoms with E-state index in [4.69, 9.17) is 9.84 Å². The maximum atomic E-state index is 10.4. The van der Waals surface area contributed by atoms with Crippen LogP contribution in [0.4, 0.5) is 0 Å². The normalized spacial score (nSPS) is 25.9. The van der Waals surface area contributed by atoms with Gasteiger partial charge in [-0.05, 0) is 25.7 Å². The number of carbonyl (C=O) groups is 1. The van der Waals surface area contributed by atoms with Gasteiger partial charge in [0, 0.05) is 12.8 Å². The molecule has 1 aliphatic heterocycles. The van der Waals surface area contributed by atoms with Crippen LogP contribution < -0.4 is 0 Å². The minimum Gasteiger partial charge on any atom is -0.481 e. The topological polar surface area (TPSA) is 107 Å². The first-order valence-corrected chi connectivity index (χ1v) is 9.68. The number of aliphatic carboxylic acids is 1. The molecular weight excluding hydrogens is 336 g/mol. The Morgan fingerprint density at radius 2 is 1.96 bits per heavy atom. The second-order valence-corrected chi connectivity index (χ2v) is 6.95. The quantitative estimate of drug-likeness (QED) is 0.293. The van der Waals surface area contributed by atoms with Crippen molar-refractivity contribution in [2.24, 2.45) is 0 Å². The number of ether oxygens (including phenoxy) is 1. The zero-order valence-corrected chi connectivity index (χ0v) is 15.7. The lowest BCUT2D eigenvalue weighted by atomic mass is 10.0. The summed E-state index contributed by atoms with van der Waals surface area (Å²) in [5.41, 5.74) is 0. The van der Waals surface area contributed by atoms with Crippen LogP contribution in [0.25, 0.3) is 0 Å². The minimum atomic E-state index is -0.852. The highest BCUT2D eigenvalue weighted by atomic mass is 16.5. The number of carboxylic acid groups (broad SMARTS) is 1. The number of rotatable bonds is 13. The summed E-state index contributed by atoms with van der Waals surface area (Å²) in [6, 6.07) is 0. The molecule has 150 valence electrons. The Hall–Kier alpha value is -1.21. The fourth-order valence-corrected chi connectivity index (χ4v) is 2.98. The van der Waals surface area contributed by atoms with E-state index in [9.17, 15) is 20.1 Å². The highest BCUT2D eigenvalue weighted by molar-refractivity contribution is 5.66. The third-order valence-electron chi connectivity index (χ3n) is 4.56. The van der Waals surface area contributed by atoms with Gasteiger partial charge in [-0.1, -0.05) is 50.5 Å². The van der Waals surface area contributed by atoms with Crippen molar-refractivity contribution in [1.29, 1.82) is 0 Å². The Morgan fingerprint density at radius 3 is 2.65 bits per heavy atom. The van der Waals surface area contributed by atoms with E-state index in [1.807, 2.05) is 12.2 Å². The molecule has 0 amide bonds. The molecule has 0 aromatic rings. The highest BCUT2D eigenvalue weighted by Crippen LogP contribution is 2.26. The Kier molecular flexibility index (Phi) is 11.4. The summed E-state index contributed by atoms with van der Waals surface area (Å²) in [6.07, 6.45) is 10.2. The van der Waals surface area contributed by atoms with Gasteiger partial charge in [-0.25, -0.2) is 0 Å². The molecule has 1 aliphatic rings. The minimum absolute atomic E-state index is 0.151. The molecule has 0 aromatic carbocycles. The molecule has 1 rings (SSSR count). The van der Waals surface area contributed by atoms with Gasteiger partial charge in [0.05, 0.1) is 30.5 Å². The Labute approximate surface area is 156 Å². The van der Waals surface area contributed by atoms with Gasteiger partial charge in [-0.3, -0.25) is 4.79 Å². The number of aliphatic hydroxyl groups excluding tert-OH is 3. The number of hydrogen-bond acceptors (Lipinski definition) is 5. The molecule has 0 aliphatic carbocycles. The summed E-state index contributed by atoms with van der Waals surface area (Å²) >= 11 is 0. The molecule has 5 atom stereocenters. The standard InChI is InChI=1S/C20H34O6/c1-2-3-6-9-15(21)12-13-16(22)19-14-17(23)18(26-19)10-7-4-5-8-11-20(24)25/h4,7,12-13,15-19,21-23H,2-3,5-6,8-11,14H2,1H3,(H,24,25)/b7-4-,13-12+/t15-,16+,17+,18-,19-/m0/s1. The van der Waals surface area contributed by atoms with Crippen molar-refractivity contribution in [1.82, 2.24) is 0 Å². The van der Waals surface area contributed by atoms with Crippen LogP contribution in [0.5, 0.6) is 0 Å². The molecule has 0 aromatic heterocycles. The van der Waals surface area contributed by atoms with Crippen LogP contribution in [0.1, 0.15) is 64.7 Å². The van der Waals surface area contributed by atoms with Crippen LogP contribution in [0.2, 0.25) is 0 Å². The summed E-state index contributed by atoms with van der Waals surface area (Å²) in [5.74, 6) is -0.798. The van der Waals surface area contributed by atoms with Crippen molar-refractivity contribution in [3.05, 3.63) is 24.3 Å². The Bertz CT molecular complexity index is 448. The fraction of sp³-hybridized carbons (Fsp3) is 0.750. The zero-order valence-electron chi connectivity index (χ0n) is 15.7. The van der Waals surface area contributed by atoms with Crippen LogP contribution in [-0.4, -0.2) is 56.9 Å². The van der Waals surface area contributed by atoms with E-state index >= 15 is 0 Å². The summed E-state index contributed by atoms with van der Waals surface area (Å²) in [7, 11) is 0. The molecule has 26 heavy (non-hydrogen) atoms. The fourth-order valence-electron chi connectivity index (χ4n) is 2.98. The highest BCUT2D eigenvalue weighted by Gasteiger charge is 2.36. The van der Waals surface area contributed by atoms with Gasteiger partial charge in [0.1, 0.15) is 0 Å². The molecule has 0 unspecified atom stereocenters. The first kappa shape index (κ1) is 22.8. The van der Waals surface area contributed by atoms with E-state index in [-0.39, 0.29) is 12.5 Å². The number of allylic oxidation sites excluding steroid dienone is 1.